The summed E-state index contributed by atoms with van der Waals surface area (Å²) in [7, 11) is 2.18. The minimum atomic E-state index is 0. The van der Waals surface area contributed by atoms with Crippen LogP contribution in [0.1, 0.15) is 44.6 Å². The lowest BCUT2D eigenvalue weighted by Gasteiger charge is -2.25. The maximum atomic E-state index is 6.17. The van der Waals surface area contributed by atoms with Crippen LogP contribution in [0.4, 0.5) is 0 Å². The fourth-order valence-corrected chi connectivity index (χ4v) is 3.01. The Bertz CT molecular complexity index is 470. The molecule has 5 heteroatoms. The summed E-state index contributed by atoms with van der Waals surface area (Å²) in [6.45, 7) is 6.19. The van der Waals surface area contributed by atoms with Gasteiger partial charge in [0, 0.05) is 32.2 Å². The minimum absolute atomic E-state index is 0. The van der Waals surface area contributed by atoms with Crippen molar-refractivity contribution in [1.29, 1.82) is 0 Å². The average molecular weight is 444 g/mol. The number of halogens is 1. The van der Waals surface area contributed by atoms with E-state index in [0.717, 1.165) is 38.6 Å². The van der Waals surface area contributed by atoms with E-state index in [4.69, 9.17) is 5.73 Å². The van der Waals surface area contributed by atoms with Gasteiger partial charge in [0.15, 0.2) is 5.96 Å². The van der Waals surface area contributed by atoms with Gasteiger partial charge in [-0.05, 0) is 38.8 Å². The Kier molecular flexibility index (Phi) is 10.3. The van der Waals surface area contributed by atoms with Crippen LogP contribution in [0.2, 0.25) is 0 Å². The number of aliphatic imine (C=N–C) groups is 1. The number of hydrogen-bond donors (Lipinski definition) is 1. The van der Waals surface area contributed by atoms with E-state index >= 15 is 0 Å². The zero-order chi connectivity index (χ0) is 16.5. The summed E-state index contributed by atoms with van der Waals surface area (Å²) >= 11 is 0. The summed E-state index contributed by atoms with van der Waals surface area (Å²) in [5, 5.41) is 0. The van der Waals surface area contributed by atoms with Crippen molar-refractivity contribution >= 4 is 29.9 Å². The first-order valence-electron chi connectivity index (χ1n) is 8.96. The molecule has 0 spiro atoms. The van der Waals surface area contributed by atoms with Gasteiger partial charge in [0.2, 0.25) is 0 Å². The molecule has 1 unspecified atom stereocenters. The third-order valence-corrected chi connectivity index (χ3v) is 4.78. The Balaban J connectivity index is 0.00000288. The highest BCUT2D eigenvalue weighted by atomic mass is 127. The smallest absolute Gasteiger partial charge is 0.191 e. The molecule has 1 aromatic rings. The molecule has 0 bridgehead atoms. The molecule has 2 N–H and O–H groups in total. The van der Waals surface area contributed by atoms with E-state index in [0.29, 0.717) is 6.04 Å². The summed E-state index contributed by atoms with van der Waals surface area (Å²) in [5.74, 6) is 0.741. The van der Waals surface area contributed by atoms with Gasteiger partial charge < -0.3 is 10.6 Å². The maximum Gasteiger partial charge on any atom is 0.191 e. The van der Waals surface area contributed by atoms with Gasteiger partial charge in [-0.1, -0.05) is 43.2 Å². The minimum Gasteiger partial charge on any atom is -0.370 e. The Labute approximate surface area is 164 Å². The molecule has 0 aromatic heterocycles. The summed E-state index contributed by atoms with van der Waals surface area (Å²) in [6, 6.07) is 11.1. The lowest BCUT2D eigenvalue weighted by molar-refractivity contribution is 0.240. The number of hydrogen-bond acceptors (Lipinski definition) is 2. The summed E-state index contributed by atoms with van der Waals surface area (Å²) in [5.41, 5.74) is 7.52. The zero-order valence-electron chi connectivity index (χ0n) is 15.2. The number of guanidine groups is 1. The third kappa shape index (κ3) is 7.38. The van der Waals surface area contributed by atoms with Crippen molar-refractivity contribution < 1.29 is 0 Å². The number of nitrogens with two attached hydrogens (primary N) is 1. The first-order valence-corrected chi connectivity index (χ1v) is 8.96. The van der Waals surface area contributed by atoms with Gasteiger partial charge in [-0.2, -0.15) is 0 Å². The molecule has 1 aliphatic rings. The lowest BCUT2D eigenvalue weighted by atomic mass is 10.1. The van der Waals surface area contributed by atoms with Gasteiger partial charge in [-0.25, -0.2) is 0 Å². The van der Waals surface area contributed by atoms with E-state index in [-0.39, 0.29) is 24.0 Å². The summed E-state index contributed by atoms with van der Waals surface area (Å²) in [6.07, 6.45) is 6.17. The number of nitrogens with zero attached hydrogens (tertiary/aromatic N) is 3. The molecule has 4 nitrogen and oxygen atoms in total. The van der Waals surface area contributed by atoms with Gasteiger partial charge >= 0.3 is 0 Å². The molecule has 1 heterocycles. The van der Waals surface area contributed by atoms with Gasteiger partial charge in [-0.3, -0.25) is 9.89 Å². The first-order chi connectivity index (χ1) is 11.2. The highest BCUT2D eigenvalue weighted by Gasteiger charge is 2.12. The van der Waals surface area contributed by atoms with Crippen LogP contribution in [0.25, 0.3) is 0 Å². The van der Waals surface area contributed by atoms with Crippen LogP contribution < -0.4 is 5.73 Å². The molecule has 1 aliphatic heterocycles. The van der Waals surface area contributed by atoms with Crippen molar-refractivity contribution in [2.75, 3.05) is 26.7 Å². The fraction of sp³-hybridized carbons (Fsp3) is 0.632. The van der Waals surface area contributed by atoms with Crippen molar-refractivity contribution in [3.63, 3.8) is 0 Å². The van der Waals surface area contributed by atoms with Crippen molar-refractivity contribution in [2.45, 2.75) is 51.6 Å². The molecule has 1 fully saturated rings. The van der Waals surface area contributed by atoms with Crippen molar-refractivity contribution in [3.05, 3.63) is 35.9 Å². The predicted octanol–water partition coefficient (Wildman–Crippen LogP) is 3.71. The highest BCUT2D eigenvalue weighted by Crippen LogP contribution is 2.10. The van der Waals surface area contributed by atoms with Gasteiger partial charge in [-0.15, -0.1) is 24.0 Å². The largest absolute Gasteiger partial charge is 0.370 e. The van der Waals surface area contributed by atoms with Crippen molar-refractivity contribution in [3.8, 4) is 0 Å². The number of likely N-dealkylation sites (tertiary alicyclic amines) is 1. The molecular formula is C19H33IN4. The van der Waals surface area contributed by atoms with Crippen molar-refractivity contribution in [1.82, 2.24) is 9.80 Å². The molecule has 2 rings (SSSR count). The second-order valence-corrected chi connectivity index (χ2v) is 6.68. The van der Waals surface area contributed by atoms with Gasteiger partial charge in [0.25, 0.3) is 0 Å². The predicted molar refractivity (Wildman–Crippen MR) is 114 cm³/mol. The third-order valence-electron chi connectivity index (χ3n) is 4.78. The van der Waals surface area contributed by atoms with Crippen LogP contribution >= 0.6 is 24.0 Å². The van der Waals surface area contributed by atoms with E-state index < -0.39 is 0 Å². The standard InChI is InChI=1S/C19H32N4.HI/c1-17(22(2)16-18-10-6-5-7-11-18)12-13-21-19(20)23-14-8-3-4-9-15-23;/h5-7,10-11,17H,3-4,8-9,12-16H2,1-2H3,(H2,20,21);1H. The molecular weight excluding hydrogens is 411 g/mol. The molecule has 0 aliphatic carbocycles. The topological polar surface area (TPSA) is 44.9 Å². The second-order valence-electron chi connectivity index (χ2n) is 6.68. The van der Waals surface area contributed by atoms with Crippen molar-refractivity contribution in [2.24, 2.45) is 10.7 Å². The molecule has 0 radical (unpaired) electrons. The van der Waals surface area contributed by atoms with E-state index in [2.05, 4.69) is 59.1 Å². The Morgan fingerprint density at radius 3 is 2.42 bits per heavy atom. The monoisotopic (exact) mass is 444 g/mol. The first kappa shape index (κ1) is 21.2. The van der Waals surface area contributed by atoms with Gasteiger partial charge in [0.05, 0.1) is 0 Å². The van der Waals surface area contributed by atoms with E-state index in [9.17, 15) is 0 Å². The van der Waals surface area contributed by atoms with Crippen LogP contribution in [-0.4, -0.2) is 48.5 Å². The summed E-state index contributed by atoms with van der Waals surface area (Å²) < 4.78 is 0. The Morgan fingerprint density at radius 1 is 1.17 bits per heavy atom. The molecule has 0 saturated carbocycles. The van der Waals surface area contributed by atoms with Crippen LogP contribution in [0.15, 0.2) is 35.3 Å². The second kappa shape index (κ2) is 11.7. The molecule has 1 aromatic carbocycles. The Morgan fingerprint density at radius 2 is 1.79 bits per heavy atom. The quantitative estimate of drug-likeness (QED) is 0.414. The summed E-state index contributed by atoms with van der Waals surface area (Å²) in [4.78, 5) is 9.25. The maximum absolute atomic E-state index is 6.17. The van der Waals surface area contributed by atoms with Crippen LogP contribution in [0.5, 0.6) is 0 Å². The van der Waals surface area contributed by atoms with E-state index in [1.807, 2.05) is 0 Å². The fourth-order valence-electron chi connectivity index (χ4n) is 3.01. The molecule has 24 heavy (non-hydrogen) atoms. The SMILES string of the molecule is CC(CCN=C(N)N1CCCCCC1)N(C)Cc1ccccc1.I. The molecule has 1 atom stereocenters. The lowest BCUT2D eigenvalue weighted by Crippen LogP contribution is -2.38. The normalized spacial score (nSPS) is 17.3. The van der Waals surface area contributed by atoms with Crippen LogP contribution in [0, 0.1) is 0 Å². The Hall–Kier alpha value is -0.820. The molecule has 0 amide bonds. The van der Waals surface area contributed by atoms with Crippen LogP contribution in [-0.2, 0) is 6.54 Å². The highest BCUT2D eigenvalue weighted by molar-refractivity contribution is 14.0. The molecule has 1 saturated heterocycles. The average Bonchev–Trinajstić information content (AvgIpc) is 2.85. The van der Waals surface area contributed by atoms with Crippen LogP contribution in [0.3, 0.4) is 0 Å². The van der Waals surface area contributed by atoms with Gasteiger partial charge in [0.1, 0.15) is 0 Å². The zero-order valence-corrected chi connectivity index (χ0v) is 17.5. The van der Waals surface area contributed by atoms with E-state index in [1.165, 1.54) is 31.2 Å². The van der Waals surface area contributed by atoms with E-state index in [1.54, 1.807) is 0 Å². The number of benzene rings is 1. The molecule has 136 valence electrons. The number of rotatable bonds is 6.